The Hall–Kier alpha value is -3.05. The number of hydrogen-bond donors (Lipinski definition) is 1. The van der Waals surface area contributed by atoms with Gasteiger partial charge in [0.05, 0.1) is 17.9 Å². The van der Waals surface area contributed by atoms with E-state index in [1.807, 2.05) is 0 Å². The van der Waals surface area contributed by atoms with E-state index < -0.39 is 29.9 Å². The molecule has 0 bridgehead atoms. The largest absolute Gasteiger partial charge is 0.433 e. The van der Waals surface area contributed by atoms with Crippen molar-refractivity contribution in [2.45, 2.75) is 51.3 Å². The van der Waals surface area contributed by atoms with Gasteiger partial charge in [0.1, 0.15) is 11.3 Å². The molecule has 7 nitrogen and oxygen atoms in total. The molecule has 3 aromatic rings. The second-order valence-corrected chi connectivity index (χ2v) is 7.71. The van der Waals surface area contributed by atoms with Crippen molar-refractivity contribution in [1.82, 2.24) is 24.4 Å². The average molecular weight is 442 g/mol. The van der Waals surface area contributed by atoms with E-state index in [4.69, 9.17) is 0 Å². The first-order chi connectivity index (χ1) is 14.6. The number of halogens is 5. The van der Waals surface area contributed by atoms with Crippen molar-refractivity contribution in [3.63, 3.8) is 0 Å². The van der Waals surface area contributed by atoms with Crippen molar-refractivity contribution in [3.05, 3.63) is 41.6 Å². The van der Waals surface area contributed by atoms with Crippen LogP contribution >= 0.6 is 0 Å². The minimum atomic E-state index is -4.71. The summed E-state index contributed by atoms with van der Waals surface area (Å²) in [5, 5.41) is 10.1. The van der Waals surface area contributed by atoms with Crippen LogP contribution in [0.2, 0.25) is 0 Å². The molecule has 1 aliphatic carbocycles. The molecule has 1 saturated carbocycles. The number of carbonyl (C=O) groups excluding carboxylic acids is 1. The van der Waals surface area contributed by atoms with Gasteiger partial charge in [-0.3, -0.25) is 9.48 Å². The first-order valence-corrected chi connectivity index (χ1v) is 9.73. The summed E-state index contributed by atoms with van der Waals surface area (Å²) in [6.07, 6.45) is -0.757. The zero-order chi connectivity index (χ0) is 22.3. The Kier molecular flexibility index (Phi) is 5.40. The van der Waals surface area contributed by atoms with E-state index in [2.05, 4.69) is 27.4 Å². The Balaban J connectivity index is 1.62. The molecular formula is C19H19F5N6O. The van der Waals surface area contributed by atoms with E-state index in [0.717, 1.165) is 48.7 Å². The SMILES string of the molecule is C[C@H]1CC[C@H](n2cc(NC(=O)c3cnn4ccc(C(F)(F)F)nc34)c(C(F)F)n2)CC1. The van der Waals surface area contributed by atoms with Crippen molar-refractivity contribution in [2.75, 3.05) is 5.32 Å². The standard InChI is InChI=1S/C19H19F5N6O/c1-10-2-4-11(5-3-10)30-9-13(15(28-30)16(20)21)26-18(31)12-8-25-29-7-6-14(19(22,23)24)27-17(12)29/h6-11,16H,2-5H2,1H3,(H,26,31)/t10-,11-. The van der Waals surface area contributed by atoms with Gasteiger partial charge in [-0.05, 0) is 37.7 Å². The maximum atomic E-state index is 13.5. The second-order valence-electron chi connectivity index (χ2n) is 7.71. The van der Waals surface area contributed by atoms with E-state index >= 15 is 0 Å². The van der Waals surface area contributed by atoms with Gasteiger partial charge in [-0.2, -0.15) is 23.4 Å². The second kappa shape index (κ2) is 7.89. The summed E-state index contributed by atoms with van der Waals surface area (Å²) >= 11 is 0. The van der Waals surface area contributed by atoms with Crippen LogP contribution in [-0.4, -0.2) is 30.3 Å². The Morgan fingerprint density at radius 3 is 2.58 bits per heavy atom. The van der Waals surface area contributed by atoms with Gasteiger partial charge in [-0.15, -0.1) is 0 Å². The normalized spacial score (nSPS) is 19.8. The van der Waals surface area contributed by atoms with Crippen LogP contribution in [0.25, 0.3) is 5.65 Å². The van der Waals surface area contributed by atoms with E-state index in [0.29, 0.717) is 5.92 Å². The van der Waals surface area contributed by atoms with Crippen LogP contribution < -0.4 is 5.32 Å². The number of aromatic nitrogens is 5. The molecule has 31 heavy (non-hydrogen) atoms. The van der Waals surface area contributed by atoms with Crippen LogP contribution in [0.15, 0.2) is 24.7 Å². The molecule has 1 aliphatic rings. The summed E-state index contributed by atoms with van der Waals surface area (Å²) in [4.78, 5) is 16.1. The number of carbonyl (C=O) groups is 1. The molecule has 0 aliphatic heterocycles. The van der Waals surface area contributed by atoms with Crippen LogP contribution in [0.1, 0.15) is 66.8 Å². The Labute approximate surface area is 173 Å². The quantitative estimate of drug-likeness (QED) is 0.584. The Morgan fingerprint density at radius 1 is 1.23 bits per heavy atom. The lowest BCUT2D eigenvalue weighted by molar-refractivity contribution is -0.141. The molecule has 166 valence electrons. The third-order valence-electron chi connectivity index (χ3n) is 5.48. The highest BCUT2D eigenvalue weighted by Gasteiger charge is 2.33. The van der Waals surface area contributed by atoms with Crippen molar-refractivity contribution in [1.29, 1.82) is 0 Å². The summed E-state index contributed by atoms with van der Waals surface area (Å²) in [5.74, 6) is -0.342. The predicted octanol–water partition coefficient (Wildman–Crippen LogP) is 4.89. The van der Waals surface area contributed by atoms with Gasteiger partial charge in [0, 0.05) is 12.4 Å². The molecule has 0 saturated heterocycles. The highest BCUT2D eigenvalue weighted by atomic mass is 19.4. The molecule has 3 aromatic heterocycles. The zero-order valence-corrected chi connectivity index (χ0v) is 16.4. The van der Waals surface area contributed by atoms with Gasteiger partial charge in [0.15, 0.2) is 11.3 Å². The minimum absolute atomic E-state index is 0.0488. The maximum Gasteiger partial charge on any atom is 0.433 e. The molecule has 0 radical (unpaired) electrons. The molecule has 0 unspecified atom stereocenters. The lowest BCUT2D eigenvalue weighted by atomic mass is 9.87. The number of alkyl halides is 5. The molecule has 0 atom stereocenters. The molecule has 0 aromatic carbocycles. The van der Waals surface area contributed by atoms with E-state index in [1.165, 1.54) is 10.9 Å². The van der Waals surface area contributed by atoms with Crippen LogP contribution in [0.4, 0.5) is 27.6 Å². The third kappa shape index (κ3) is 4.23. The monoisotopic (exact) mass is 442 g/mol. The fraction of sp³-hybridized carbons (Fsp3) is 0.474. The van der Waals surface area contributed by atoms with Crippen molar-refractivity contribution >= 4 is 17.2 Å². The van der Waals surface area contributed by atoms with Crippen LogP contribution in [-0.2, 0) is 6.18 Å². The number of fused-ring (bicyclic) bond motifs is 1. The summed E-state index contributed by atoms with van der Waals surface area (Å²) < 4.78 is 68.4. The van der Waals surface area contributed by atoms with Gasteiger partial charge < -0.3 is 5.32 Å². The summed E-state index contributed by atoms with van der Waals surface area (Å²) in [7, 11) is 0. The van der Waals surface area contributed by atoms with Crippen molar-refractivity contribution in [3.8, 4) is 0 Å². The van der Waals surface area contributed by atoms with Crippen LogP contribution in [0.3, 0.4) is 0 Å². The lowest BCUT2D eigenvalue weighted by Gasteiger charge is -2.26. The molecule has 1 N–H and O–H groups in total. The van der Waals surface area contributed by atoms with Gasteiger partial charge in [0.25, 0.3) is 12.3 Å². The fourth-order valence-electron chi connectivity index (χ4n) is 3.73. The summed E-state index contributed by atoms with van der Waals surface area (Å²) in [6.45, 7) is 2.13. The molecule has 4 rings (SSSR count). The van der Waals surface area contributed by atoms with Gasteiger partial charge in [-0.25, -0.2) is 18.3 Å². The van der Waals surface area contributed by atoms with Crippen molar-refractivity contribution in [2.24, 2.45) is 5.92 Å². The molecule has 1 fully saturated rings. The van der Waals surface area contributed by atoms with Gasteiger partial charge >= 0.3 is 6.18 Å². The predicted molar refractivity (Wildman–Crippen MR) is 99.8 cm³/mol. The number of rotatable bonds is 4. The van der Waals surface area contributed by atoms with Crippen LogP contribution in [0.5, 0.6) is 0 Å². The van der Waals surface area contributed by atoms with Gasteiger partial charge in [0.2, 0.25) is 0 Å². The first-order valence-electron chi connectivity index (χ1n) is 9.73. The molecule has 3 heterocycles. The molecule has 1 amide bonds. The van der Waals surface area contributed by atoms with E-state index in [-0.39, 0.29) is 22.9 Å². The number of amides is 1. The molecule has 0 spiro atoms. The average Bonchev–Trinajstić information content (AvgIpc) is 3.31. The number of nitrogens with zero attached hydrogens (tertiary/aromatic N) is 5. The maximum absolute atomic E-state index is 13.5. The number of hydrogen-bond acceptors (Lipinski definition) is 4. The van der Waals surface area contributed by atoms with Crippen molar-refractivity contribution < 1.29 is 26.7 Å². The minimum Gasteiger partial charge on any atom is -0.319 e. The fourth-order valence-corrected chi connectivity index (χ4v) is 3.73. The molecule has 12 heteroatoms. The summed E-state index contributed by atoms with van der Waals surface area (Å²) in [5.41, 5.74) is -2.58. The third-order valence-corrected chi connectivity index (χ3v) is 5.48. The highest BCUT2D eigenvalue weighted by Crippen LogP contribution is 2.34. The topological polar surface area (TPSA) is 77.1 Å². The highest BCUT2D eigenvalue weighted by molar-refractivity contribution is 6.08. The number of nitrogens with one attached hydrogen (secondary N) is 1. The zero-order valence-electron chi connectivity index (χ0n) is 16.4. The van der Waals surface area contributed by atoms with Crippen LogP contribution in [0, 0.1) is 5.92 Å². The number of anilines is 1. The lowest BCUT2D eigenvalue weighted by Crippen LogP contribution is -2.17. The van der Waals surface area contributed by atoms with E-state index in [1.54, 1.807) is 0 Å². The summed E-state index contributed by atoms with van der Waals surface area (Å²) in [6, 6.07) is 0.679. The molecular weight excluding hydrogens is 423 g/mol. The van der Waals surface area contributed by atoms with E-state index in [9.17, 15) is 26.7 Å². The Morgan fingerprint density at radius 2 is 1.94 bits per heavy atom. The smallest absolute Gasteiger partial charge is 0.319 e. The first kappa shape index (κ1) is 21.2. The Bertz CT molecular complexity index is 1100. The van der Waals surface area contributed by atoms with Gasteiger partial charge in [-0.1, -0.05) is 6.92 Å².